The summed E-state index contributed by atoms with van der Waals surface area (Å²) < 4.78 is 25.9. The molecule has 1 aliphatic rings. The van der Waals surface area contributed by atoms with Crippen LogP contribution in [0.2, 0.25) is 0 Å². The molecule has 1 aliphatic heterocycles. The molecule has 0 radical (unpaired) electrons. The maximum atomic E-state index is 15.5. The number of piperidine rings is 1. The van der Waals surface area contributed by atoms with Gasteiger partial charge in [-0.3, -0.25) is 14.7 Å². The fraction of sp³-hybridized carbons (Fsp3) is 0.444. The zero-order chi connectivity index (χ0) is 24.6. The van der Waals surface area contributed by atoms with Crippen molar-refractivity contribution in [3.05, 3.63) is 54.4 Å². The Morgan fingerprint density at radius 2 is 2.23 bits per heavy atom. The number of pyridine rings is 1. The number of oxazole rings is 1. The standard InChI is InChI=1S/C27H30FN3O4/c1-34-21-6-8-26-24(15-21)23(10-12-30-26)25(28)7-4-19-11-14-31(17-20(19)5-9-27(32)33)13-2-3-22-16-29-18-35-22/h6,8,10,12,15-16,18-20,25H,4-5,7,9,11,13-14,17H2,1H3,(H,32,33)/t19-,20-,25-/m1/s1. The number of carbonyl (C=O) groups is 1. The van der Waals surface area contributed by atoms with Crippen molar-refractivity contribution >= 4 is 16.9 Å². The van der Waals surface area contributed by atoms with Gasteiger partial charge in [-0.05, 0) is 79.8 Å². The highest BCUT2D eigenvalue weighted by Crippen LogP contribution is 2.36. The second kappa shape index (κ2) is 11.8. The Morgan fingerprint density at radius 1 is 1.34 bits per heavy atom. The van der Waals surface area contributed by atoms with E-state index in [1.165, 1.54) is 6.39 Å². The molecule has 0 amide bonds. The summed E-state index contributed by atoms with van der Waals surface area (Å²) in [6, 6.07) is 7.23. The molecule has 0 spiro atoms. The monoisotopic (exact) mass is 479 g/mol. The maximum Gasteiger partial charge on any atom is 0.303 e. The summed E-state index contributed by atoms with van der Waals surface area (Å²) in [6.07, 6.45) is 6.12. The zero-order valence-electron chi connectivity index (χ0n) is 19.8. The number of methoxy groups -OCH3 is 1. The zero-order valence-corrected chi connectivity index (χ0v) is 19.8. The third kappa shape index (κ3) is 6.58. The summed E-state index contributed by atoms with van der Waals surface area (Å²) in [5.41, 5.74) is 1.36. The lowest BCUT2D eigenvalue weighted by molar-refractivity contribution is -0.137. The van der Waals surface area contributed by atoms with Crippen molar-refractivity contribution in [1.29, 1.82) is 0 Å². The van der Waals surface area contributed by atoms with Crippen LogP contribution in [0.1, 0.15) is 49.6 Å². The van der Waals surface area contributed by atoms with Crippen molar-refractivity contribution in [2.24, 2.45) is 11.8 Å². The number of alkyl halides is 1. The Balaban J connectivity index is 1.39. The lowest BCUT2D eigenvalue weighted by Gasteiger charge is -2.38. The first-order valence-corrected chi connectivity index (χ1v) is 11.9. The van der Waals surface area contributed by atoms with Crippen LogP contribution in [0, 0.1) is 23.7 Å². The number of carboxylic acids is 1. The van der Waals surface area contributed by atoms with Crippen molar-refractivity contribution in [1.82, 2.24) is 14.9 Å². The minimum Gasteiger partial charge on any atom is -0.497 e. The van der Waals surface area contributed by atoms with E-state index in [0.717, 1.165) is 30.4 Å². The van der Waals surface area contributed by atoms with Crippen molar-refractivity contribution in [2.45, 2.75) is 38.3 Å². The second-order valence-corrected chi connectivity index (χ2v) is 8.97. The van der Waals surface area contributed by atoms with Crippen molar-refractivity contribution < 1.29 is 23.4 Å². The fourth-order valence-electron chi connectivity index (χ4n) is 4.89. The Hall–Kier alpha value is -3.44. The number of nitrogens with zero attached hydrogens (tertiary/aromatic N) is 3. The Labute approximate surface area is 204 Å². The predicted octanol–water partition coefficient (Wildman–Crippen LogP) is 4.88. The number of hydrogen-bond donors (Lipinski definition) is 1. The lowest BCUT2D eigenvalue weighted by Crippen LogP contribution is -2.41. The van der Waals surface area contributed by atoms with Gasteiger partial charge < -0.3 is 14.3 Å². The van der Waals surface area contributed by atoms with E-state index < -0.39 is 12.1 Å². The van der Waals surface area contributed by atoms with Crippen LogP contribution in [0.5, 0.6) is 5.75 Å². The number of hydrogen-bond acceptors (Lipinski definition) is 6. The number of rotatable bonds is 9. The molecule has 1 saturated heterocycles. The number of fused-ring (bicyclic) bond motifs is 1. The SMILES string of the molecule is COc1ccc2nccc([C@H](F)CC[C@@H]3CCN(CC#Cc4cnco4)C[C@H]3CCC(=O)O)c2c1. The lowest BCUT2D eigenvalue weighted by atomic mass is 9.79. The molecule has 7 nitrogen and oxygen atoms in total. The molecule has 0 saturated carbocycles. The molecule has 8 heteroatoms. The molecule has 1 fully saturated rings. The summed E-state index contributed by atoms with van der Waals surface area (Å²) in [5.74, 6) is 6.92. The minimum absolute atomic E-state index is 0.118. The highest BCUT2D eigenvalue weighted by Gasteiger charge is 2.30. The van der Waals surface area contributed by atoms with E-state index in [1.54, 1.807) is 25.6 Å². The van der Waals surface area contributed by atoms with Crippen molar-refractivity contribution in [3.8, 4) is 17.6 Å². The van der Waals surface area contributed by atoms with E-state index >= 15 is 4.39 Å². The third-order valence-corrected chi connectivity index (χ3v) is 6.76. The highest BCUT2D eigenvalue weighted by molar-refractivity contribution is 5.83. The first kappa shape index (κ1) is 24.7. The van der Waals surface area contributed by atoms with Gasteiger partial charge in [0.2, 0.25) is 0 Å². The fourth-order valence-corrected chi connectivity index (χ4v) is 4.89. The van der Waals surface area contributed by atoms with Crippen LogP contribution in [0.25, 0.3) is 10.9 Å². The third-order valence-electron chi connectivity index (χ3n) is 6.76. The molecule has 4 rings (SSSR count). The van der Waals surface area contributed by atoms with E-state index in [0.29, 0.717) is 42.9 Å². The van der Waals surface area contributed by atoms with Gasteiger partial charge >= 0.3 is 5.97 Å². The summed E-state index contributed by atoms with van der Waals surface area (Å²) in [6.45, 7) is 2.19. The summed E-state index contributed by atoms with van der Waals surface area (Å²) in [5, 5.41) is 9.99. The van der Waals surface area contributed by atoms with Crippen LogP contribution in [0.3, 0.4) is 0 Å². The molecule has 35 heavy (non-hydrogen) atoms. The first-order chi connectivity index (χ1) is 17.0. The van der Waals surface area contributed by atoms with Gasteiger partial charge in [0.25, 0.3) is 0 Å². The van der Waals surface area contributed by atoms with E-state index in [-0.39, 0.29) is 18.3 Å². The number of halogens is 1. The van der Waals surface area contributed by atoms with Crippen LogP contribution in [0.4, 0.5) is 4.39 Å². The normalized spacial score (nSPS) is 19.1. The number of aromatic nitrogens is 2. The Morgan fingerprint density at radius 3 is 3.00 bits per heavy atom. The maximum absolute atomic E-state index is 15.5. The molecule has 2 aromatic heterocycles. The molecule has 0 aliphatic carbocycles. The molecule has 3 atom stereocenters. The molecule has 1 aromatic carbocycles. The molecule has 0 bridgehead atoms. The highest BCUT2D eigenvalue weighted by atomic mass is 19.1. The van der Waals surface area contributed by atoms with Gasteiger partial charge in [-0.1, -0.05) is 5.92 Å². The van der Waals surface area contributed by atoms with Crippen molar-refractivity contribution in [2.75, 3.05) is 26.7 Å². The smallest absolute Gasteiger partial charge is 0.303 e. The molecular weight excluding hydrogens is 449 g/mol. The van der Waals surface area contributed by atoms with Crippen molar-refractivity contribution in [3.63, 3.8) is 0 Å². The number of aliphatic carboxylic acids is 1. The second-order valence-electron chi connectivity index (χ2n) is 8.97. The number of carboxylic acid groups (broad SMARTS) is 1. The molecular formula is C27H30FN3O4. The van der Waals surface area contributed by atoms with E-state index in [2.05, 4.69) is 26.7 Å². The average Bonchev–Trinajstić information content (AvgIpc) is 3.39. The van der Waals surface area contributed by atoms with Gasteiger partial charge in [0.15, 0.2) is 12.2 Å². The number of benzene rings is 1. The van der Waals surface area contributed by atoms with Crippen LogP contribution in [-0.2, 0) is 4.79 Å². The largest absolute Gasteiger partial charge is 0.497 e. The average molecular weight is 480 g/mol. The van der Waals surface area contributed by atoms with Gasteiger partial charge in [0.05, 0.1) is 25.4 Å². The molecule has 184 valence electrons. The van der Waals surface area contributed by atoms with Gasteiger partial charge in [-0.25, -0.2) is 9.37 Å². The van der Waals surface area contributed by atoms with Crippen LogP contribution < -0.4 is 4.74 Å². The molecule has 0 unspecified atom stereocenters. The quantitative estimate of drug-likeness (QED) is 0.438. The summed E-state index contributed by atoms with van der Waals surface area (Å²) in [4.78, 5) is 21.7. The van der Waals surface area contributed by atoms with Gasteiger partial charge in [0.1, 0.15) is 11.9 Å². The number of likely N-dealkylation sites (tertiary alicyclic amines) is 1. The Kier molecular flexibility index (Phi) is 8.32. The van der Waals surface area contributed by atoms with Crippen LogP contribution in [-0.4, -0.2) is 52.7 Å². The van der Waals surface area contributed by atoms with E-state index in [4.69, 9.17) is 9.15 Å². The molecule has 3 heterocycles. The van der Waals surface area contributed by atoms with Crippen LogP contribution in [0.15, 0.2) is 47.5 Å². The summed E-state index contributed by atoms with van der Waals surface area (Å²) in [7, 11) is 1.59. The number of ether oxygens (including phenoxy) is 1. The molecule has 3 aromatic rings. The first-order valence-electron chi connectivity index (χ1n) is 11.9. The van der Waals surface area contributed by atoms with E-state index in [9.17, 15) is 9.90 Å². The van der Waals surface area contributed by atoms with Crippen LogP contribution >= 0.6 is 0 Å². The van der Waals surface area contributed by atoms with Gasteiger partial charge in [-0.2, -0.15) is 0 Å². The van der Waals surface area contributed by atoms with Gasteiger partial charge in [0, 0.05) is 24.5 Å². The predicted molar refractivity (Wildman–Crippen MR) is 130 cm³/mol. The topological polar surface area (TPSA) is 88.7 Å². The molecule has 1 N–H and O–H groups in total. The summed E-state index contributed by atoms with van der Waals surface area (Å²) >= 11 is 0. The Bertz CT molecular complexity index is 1190. The minimum atomic E-state index is -1.13. The van der Waals surface area contributed by atoms with Gasteiger partial charge in [-0.15, -0.1) is 0 Å². The van der Waals surface area contributed by atoms with E-state index in [1.807, 2.05) is 18.2 Å².